The zero-order valence-corrected chi connectivity index (χ0v) is 19.0. The van der Waals surface area contributed by atoms with Crippen LogP contribution in [0.3, 0.4) is 0 Å². The van der Waals surface area contributed by atoms with E-state index in [0.29, 0.717) is 57.7 Å². The summed E-state index contributed by atoms with van der Waals surface area (Å²) in [6.45, 7) is 3.31. The summed E-state index contributed by atoms with van der Waals surface area (Å²) in [4.78, 5) is 0. The van der Waals surface area contributed by atoms with Crippen molar-refractivity contribution >= 4 is 22.0 Å². The van der Waals surface area contributed by atoms with E-state index in [9.17, 15) is 0 Å². The first kappa shape index (κ1) is 22.4. The van der Waals surface area contributed by atoms with Gasteiger partial charge in [0.1, 0.15) is 13.2 Å². The third kappa shape index (κ3) is 5.75. The van der Waals surface area contributed by atoms with Gasteiger partial charge in [0.05, 0.1) is 33.0 Å². The molecule has 0 saturated heterocycles. The molecule has 4 aromatic rings. The molecule has 1 N–H and O–H groups in total. The number of rotatable bonds is 2. The summed E-state index contributed by atoms with van der Waals surface area (Å²) >= 11 is 0. The molecule has 2 aromatic carbocycles. The van der Waals surface area contributed by atoms with E-state index in [1.165, 1.54) is 0 Å². The SMILES string of the molecule is c1ccc2c(c1)OCCOCCOCCOCC(Nc1ccc3c[n+]4ccccc4cc3c1)O2. The molecule has 0 amide bonds. The summed E-state index contributed by atoms with van der Waals surface area (Å²) in [5, 5.41) is 5.78. The zero-order valence-electron chi connectivity index (χ0n) is 19.0. The van der Waals surface area contributed by atoms with E-state index in [1.54, 1.807) is 0 Å². The second-order valence-corrected chi connectivity index (χ2v) is 8.00. The summed E-state index contributed by atoms with van der Waals surface area (Å²) in [5.74, 6) is 1.32. The Kier molecular flexibility index (Phi) is 7.35. The van der Waals surface area contributed by atoms with Gasteiger partial charge in [-0.05, 0) is 41.8 Å². The Labute approximate surface area is 198 Å². The monoisotopic (exact) mass is 461 g/mol. The van der Waals surface area contributed by atoms with E-state index in [4.69, 9.17) is 23.7 Å². The predicted molar refractivity (Wildman–Crippen MR) is 130 cm³/mol. The highest BCUT2D eigenvalue weighted by Crippen LogP contribution is 2.28. The normalized spacial score (nSPS) is 18.2. The van der Waals surface area contributed by atoms with Crippen LogP contribution >= 0.6 is 0 Å². The van der Waals surface area contributed by atoms with Gasteiger partial charge in [-0.25, -0.2) is 0 Å². The third-order valence-corrected chi connectivity index (χ3v) is 5.54. The molecule has 2 aromatic heterocycles. The first-order chi connectivity index (χ1) is 16.8. The molecule has 0 spiro atoms. The average Bonchev–Trinajstić information content (AvgIpc) is 2.87. The second-order valence-electron chi connectivity index (χ2n) is 8.00. The van der Waals surface area contributed by atoms with Crippen LogP contribution in [0.25, 0.3) is 16.3 Å². The van der Waals surface area contributed by atoms with Crippen molar-refractivity contribution in [3.8, 4) is 11.5 Å². The molecular formula is C27H29N2O5+. The van der Waals surface area contributed by atoms with Gasteiger partial charge in [-0.2, -0.15) is 4.40 Å². The maximum atomic E-state index is 6.31. The molecule has 34 heavy (non-hydrogen) atoms. The molecule has 1 aliphatic rings. The Hall–Kier alpha value is -3.39. The van der Waals surface area contributed by atoms with Crippen LogP contribution in [0.4, 0.5) is 5.69 Å². The Morgan fingerprint density at radius 3 is 2.35 bits per heavy atom. The van der Waals surface area contributed by atoms with Gasteiger partial charge in [-0.3, -0.25) is 0 Å². The average molecular weight is 462 g/mol. The van der Waals surface area contributed by atoms with Crippen molar-refractivity contribution < 1.29 is 28.1 Å². The lowest BCUT2D eigenvalue weighted by Crippen LogP contribution is -2.32. The second kappa shape index (κ2) is 11.2. The van der Waals surface area contributed by atoms with Gasteiger partial charge in [0, 0.05) is 29.3 Å². The molecule has 1 aliphatic heterocycles. The number of nitrogens with one attached hydrogen (secondary N) is 1. The number of ether oxygens (including phenoxy) is 5. The lowest BCUT2D eigenvalue weighted by atomic mass is 10.1. The number of hydrogen-bond acceptors (Lipinski definition) is 6. The molecule has 0 fully saturated rings. The molecular weight excluding hydrogens is 432 g/mol. The Morgan fingerprint density at radius 2 is 1.47 bits per heavy atom. The largest absolute Gasteiger partial charge is 0.487 e. The number of anilines is 1. The van der Waals surface area contributed by atoms with Gasteiger partial charge >= 0.3 is 0 Å². The third-order valence-electron chi connectivity index (χ3n) is 5.54. The highest BCUT2D eigenvalue weighted by Gasteiger charge is 2.15. The Bertz CT molecular complexity index is 1230. The maximum absolute atomic E-state index is 6.31. The van der Waals surface area contributed by atoms with Gasteiger partial charge in [-0.15, -0.1) is 0 Å². The van der Waals surface area contributed by atoms with Crippen molar-refractivity contribution in [3.05, 3.63) is 79.1 Å². The fourth-order valence-electron chi connectivity index (χ4n) is 3.88. The molecule has 1 atom stereocenters. The molecule has 0 bridgehead atoms. The van der Waals surface area contributed by atoms with Gasteiger partial charge in [0.25, 0.3) is 0 Å². The van der Waals surface area contributed by atoms with Crippen LogP contribution in [-0.2, 0) is 14.2 Å². The molecule has 0 radical (unpaired) electrons. The molecule has 0 saturated carbocycles. The summed E-state index contributed by atoms with van der Waals surface area (Å²) in [7, 11) is 0. The number of nitrogens with zero attached hydrogens (tertiary/aromatic N) is 1. The topological polar surface area (TPSA) is 62.3 Å². The van der Waals surface area contributed by atoms with Gasteiger partial charge in [0.15, 0.2) is 30.1 Å². The van der Waals surface area contributed by atoms with Crippen molar-refractivity contribution in [3.63, 3.8) is 0 Å². The lowest BCUT2D eigenvalue weighted by Gasteiger charge is -2.23. The molecule has 0 aliphatic carbocycles. The fourth-order valence-corrected chi connectivity index (χ4v) is 3.88. The summed E-state index contributed by atoms with van der Waals surface area (Å²) in [6, 6.07) is 22.3. The summed E-state index contributed by atoms with van der Waals surface area (Å²) in [6.07, 6.45) is 3.77. The quantitative estimate of drug-likeness (QED) is 0.362. The number of aromatic nitrogens is 1. The van der Waals surface area contributed by atoms with E-state index < -0.39 is 6.23 Å². The minimum atomic E-state index is -0.418. The molecule has 1 unspecified atom stereocenters. The minimum Gasteiger partial charge on any atom is -0.487 e. The van der Waals surface area contributed by atoms with E-state index in [2.05, 4.69) is 52.4 Å². The first-order valence-corrected chi connectivity index (χ1v) is 11.6. The number of benzene rings is 2. The highest BCUT2D eigenvalue weighted by molar-refractivity contribution is 5.86. The summed E-state index contributed by atoms with van der Waals surface area (Å²) in [5.41, 5.74) is 2.08. The van der Waals surface area contributed by atoms with Crippen LogP contribution in [0.5, 0.6) is 11.5 Å². The molecule has 5 rings (SSSR count). The number of fused-ring (bicyclic) bond motifs is 3. The van der Waals surface area contributed by atoms with Crippen molar-refractivity contribution in [1.82, 2.24) is 0 Å². The number of pyridine rings is 2. The Morgan fingerprint density at radius 1 is 0.706 bits per heavy atom. The first-order valence-electron chi connectivity index (χ1n) is 11.6. The van der Waals surface area contributed by atoms with Crippen molar-refractivity contribution in [2.24, 2.45) is 0 Å². The van der Waals surface area contributed by atoms with E-state index in [-0.39, 0.29) is 0 Å². The fraction of sp³-hybridized carbons (Fsp3) is 0.296. The van der Waals surface area contributed by atoms with Crippen LogP contribution in [0.15, 0.2) is 79.1 Å². The molecule has 176 valence electrons. The van der Waals surface area contributed by atoms with Crippen LogP contribution < -0.4 is 19.2 Å². The Balaban J connectivity index is 1.37. The molecule has 3 heterocycles. The van der Waals surface area contributed by atoms with E-state index in [0.717, 1.165) is 22.0 Å². The molecule has 7 nitrogen and oxygen atoms in total. The van der Waals surface area contributed by atoms with Crippen molar-refractivity contribution in [2.45, 2.75) is 6.23 Å². The zero-order chi connectivity index (χ0) is 23.0. The van der Waals surface area contributed by atoms with Crippen LogP contribution in [0.1, 0.15) is 0 Å². The maximum Gasteiger partial charge on any atom is 0.211 e. The van der Waals surface area contributed by atoms with E-state index in [1.807, 2.05) is 36.4 Å². The van der Waals surface area contributed by atoms with Crippen LogP contribution in [-0.4, -0.2) is 52.5 Å². The lowest BCUT2D eigenvalue weighted by molar-refractivity contribution is -0.510. The van der Waals surface area contributed by atoms with Crippen LogP contribution in [0.2, 0.25) is 0 Å². The summed E-state index contributed by atoms with van der Waals surface area (Å²) < 4.78 is 31.3. The number of hydrogen-bond donors (Lipinski definition) is 1. The van der Waals surface area contributed by atoms with E-state index >= 15 is 0 Å². The van der Waals surface area contributed by atoms with Crippen molar-refractivity contribution in [1.29, 1.82) is 0 Å². The highest BCUT2D eigenvalue weighted by atomic mass is 16.6. The smallest absolute Gasteiger partial charge is 0.211 e. The number of para-hydroxylation sites is 2. The van der Waals surface area contributed by atoms with Gasteiger partial charge in [-0.1, -0.05) is 12.1 Å². The molecule has 7 heteroatoms. The van der Waals surface area contributed by atoms with Crippen LogP contribution in [0, 0.1) is 0 Å². The minimum absolute atomic E-state index is 0.347. The predicted octanol–water partition coefficient (Wildman–Crippen LogP) is 3.84. The van der Waals surface area contributed by atoms with Gasteiger partial charge < -0.3 is 29.0 Å². The van der Waals surface area contributed by atoms with Gasteiger partial charge in [0.2, 0.25) is 5.52 Å². The standard InChI is InChI=1S/C27H28N2O5/c1-2-7-26-25(6-1)33-16-15-31-12-11-30-13-14-32-20-27(34-26)28-23-9-8-21-19-29-10-4-3-5-24(29)18-22(21)17-23/h1-10,17-19,27H,11-16,20H2/p+1. The van der Waals surface area contributed by atoms with Crippen molar-refractivity contribution in [2.75, 3.05) is 51.6 Å².